The summed E-state index contributed by atoms with van der Waals surface area (Å²) in [5, 5.41) is 0. The van der Waals surface area contributed by atoms with E-state index in [-0.39, 0.29) is 11.7 Å². The van der Waals surface area contributed by atoms with E-state index >= 15 is 0 Å². The highest BCUT2D eigenvalue weighted by Gasteiger charge is 2.39. The normalized spacial score (nSPS) is 22.1. The Labute approximate surface area is 185 Å². The van der Waals surface area contributed by atoms with Crippen LogP contribution in [0, 0.1) is 11.8 Å². The molecule has 0 bridgehead atoms. The Bertz CT molecular complexity index is 1060. The molecule has 32 heavy (non-hydrogen) atoms. The number of amides is 1. The van der Waals surface area contributed by atoms with Crippen molar-refractivity contribution in [2.45, 2.75) is 31.8 Å². The molecular weight excluding hydrogens is 412 g/mol. The number of benzene rings is 1. The van der Waals surface area contributed by atoms with E-state index in [1.54, 1.807) is 41.4 Å². The number of ketones is 1. The molecule has 2 heterocycles. The lowest BCUT2D eigenvalue weighted by atomic mass is 10.1. The Morgan fingerprint density at radius 2 is 2.00 bits per heavy atom. The average molecular weight is 436 g/mol. The summed E-state index contributed by atoms with van der Waals surface area (Å²) in [4.78, 5) is 43.3. The van der Waals surface area contributed by atoms with Gasteiger partial charge in [-0.3, -0.25) is 14.4 Å². The maximum Gasteiger partial charge on any atom is 0.316 e. The monoisotopic (exact) mass is 436 g/mol. The molecule has 8 nitrogen and oxygen atoms in total. The number of nitrogens with zero attached hydrogens (tertiary/aromatic N) is 2. The van der Waals surface area contributed by atoms with E-state index in [4.69, 9.17) is 14.2 Å². The van der Waals surface area contributed by atoms with Gasteiger partial charge in [-0.05, 0) is 48.9 Å². The van der Waals surface area contributed by atoms with Crippen molar-refractivity contribution < 1.29 is 28.6 Å². The lowest BCUT2D eigenvalue weighted by molar-refractivity contribution is -0.143. The fourth-order valence-electron chi connectivity index (χ4n) is 4.17. The van der Waals surface area contributed by atoms with Crippen LogP contribution in [0.3, 0.4) is 0 Å². The number of anilines is 1. The molecular formula is C24H24N2O6. The number of aromatic nitrogens is 1. The SMILES string of the molecule is COC(=O)C1Cc2ccc(N3CC[C@@H](Oc4ccc(OCC5CC5)nc4)C3=O)cc2C1=O. The van der Waals surface area contributed by atoms with Crippen LogP contribution >= 0.6 is 0 Å². The number of esters is 1. The van der Waals surface area contributed by atoms with E-state index in [1.165, 1.54) is 20.0 Å². The van der Waals surface area contributed by atoms with Crippen LogP contribution in [0.4, 0.5) is 5.69 Å². The van der Waals surface area contributed by atoms with Crippen molar-refractivity contribution in [2.75, 3.05) is 25.2 Å². The number of Topliss-reactive ketones (excluding diaryl/α,β-unsaturated/α-hetero) is 1. The highest BCUT2D eigenvalue weighted by Crippen LogP contribution is 2.33. The van der Waals surface area contributed by atoms with E-state index in [0.717, 1.165) is 5.56 Å². The number of fused-ring (bicyclic) bond motifs is 1. The zero-order chi connectivity index (χ0) is 22.2. The number of hydrogen-bond acceptors (Lipinski definition) is 7. The number of methoxy groups -OCH3 is 1. The number of carbonyl (C=O) groups excluding carboxylic acids is 3. The second-order valence-corrected chi connectivity index (χ2v) is 8.46. The summed E-state index contributed by atoms with van der Waals surface area (Å²) < 4.78 is 16.2. The predicted molar refractivity (Wildman–Crippen MR) is 114 cm³/mol. The zero-order valence-electron chi connectivity index (χ0n) is 17.8. The maximum atomic E-state index is 13.0. The number of rotatable bonds is 7. The first-order chi connectivity index (χ1) is 15.5. The molecule has 2 aromatic rings. The molecule has 0 N–H and O–H groups in total. The molecule has 5 rings (SSSR count). The lowest BCUT2D eigenvalue weighted by Gasteiger charge is -2.18. The molecule has 1 aromatic carbocycles. The molecule has 1 aromatic heterocycles. The van der Waals surface area contributed by atoms with Gasteiger partial charge in [-0.15, -0.1) is 0 Å². The molecule has 166 valence electrons. The molecule has 2 atom stereocenters. The minimum Gasteiger partial charge on any atom is -0.479 e. The summed E-state index contributed by atoms with van der Waals surface area (Å²) in [6, 6.07) is 8.80. The molecule has 1 unspecified atom stereocenters. The third kappa shape index (κ3) is 3.92. The van der Waals surface area contributed by atoms with E-state index in [2.05, 4.69) is 4.98 Å². The van der Waals surface area contributed by atoms with E-state index in [9.17, 15) is 14.4 Å². The van der Waals surface area contributed by atoms with Crippen LogP contribution in [0.5, 0.6) is 11.6 Å². The van der Waals surface area contributed by atoms with Crippen molar-refractivity contribution in [3.8, 4) is 11.6 Å². The first-order valence-electron chi connectivity index (χ1n) is 10.9. The Balaban J connectivity index is 1.24. The van der Waals surface area contributed by atoms with Gasteiger partial charge >= 0.3 is 5.97 Å². The number of ether oxygens (including phenoxy) is 3. The summed E-state index contributed by atoms with van der Waals surface area (Å²) in [6.07, 6.45) is 4.22. The van der Waals surface area contributed by atoms with Crippen LogP contribution in [0.25, 0.3) is 0 Å². The maximum absolute atomic E-state index is 13.0. The van der Waals surface area contributed by atoms with Crippen molar-refractivity contribution in [3.05, 3.63) is 47.7 Å². The van der Waals surface area contributed by atoms with Crippen molar-refractivity contribution in [1.29, 1.82) is 0 Å². The minimum atomic E-state index is -0.806. The molecule has 8 heteroatoms. The largest absolute Gasteiger partial charge is 0.479 e. The van der Waals surface area contributed by atoms with Gasteiger partial charge in [-0.2, -0.15) is 0 Å². The Morgan fingerprint density at radius 3 is 2.72 bits per heavy atom. The van der Waals surface area contributed by atoms with Gasteiger partial charge in [0.25, 0.3) is 5.91 Å². The summed E-state index contributed by atoms with van der Waals surface area (Å²) in [6.45, 7) is 1.17. The van der Waals surface area contributed by atoms with E-state index in [0.29, 0.717) is 54.8 Å². The van der Waals surface area contributed by atoms with Crippen molar-refractivity contribution in [3.63, 3.8) is 0 Å². The summed E-state index contributed by atoms with van der Waals surface area (Å²) in [5.41, 5.74) is 1.89. The number of pyridine rings is 1. The molecule has 1 amide bonds. The van der Waals surface area contributed by atoms with Crippen LogP contribution in [-0.2, 0) is 20.7 Å². The van der Waals surface area contributed by atoms with Crippen LogP contribution < -0.4 is 14.4 Å². The summed E-state index contributed by atoms with van der Waals surface area (Å²) in [7, 11) is 1.28. The van der Waals surface area contributed by atoms with E-state index < -0.39 is 18.0 Å². The Kier molecular flexibility index (Phi) is 5.28. The first kappa shape index (κ1) is 20.5. The topological polar surface area (TPSA) is 95.0 Å². The number of hydrogen-bond donors (Lipinski definition) is 0. The van der Waals surface area contributed by atoms with Crippen LogP contribution in [0.2, 0.25) is 0 Å². The standard InChI is InChI=1S/C24H24N2O6/c1-30-24(29)19-10-15-4-5-16(11-18(15)22(19)27)26-9-8-20(23(26)28)32-17-6-7-21(25-12-17)31-13-14-2-3-14/h4-7,11-12,14,19-20H,2-3,8-10,13H2,1H3/t19?,20-/m1/s1. The van der Waals surface area contributed by atoms with Gasteiger partial charge in [-0.25, -0.2) is 4.98 Å². The highest BCUT2D eigenvalue weighted by molar-refractivity contribution is 6.13. The highest BCUT2D eigenvalue weighted by atomic mass is 16.5. The molecule has 2 fully saturated rings. The molecule has 0 spiro atoms. The smallest absolute Gasteiger partial charge is 0.316 e. The van der Waals surface area contributed by atoms with Crippen LogP contribution in [0.1, 0.15) is 35.2 Å². The lowest BCUT2D eigenvalue weighted by Crippen LogP contribution is -2.32. The molecule has 1 aliphatic heterocycles. The van der Waals surface area contributed by atoms with Gasteiger partial charge in [0, 0.05) is 30.3 Å². The van der Waals surface area contributed by atoms with Gasteiger partial charge in [0.15, 0.2) is 11.9 Å². The van der Waals surface area contributed by atoms with Crippen LogP contribution in [-0.4, -0.2) is 49.0 Å². The molecule has 2 aliphatic carbocycles. The second kappa shape index (κ2) is 8.26. The zero-order valence-corrected chi connectivity index (χ0v) is 17.8. The molecule has 0 radical (unpaired) electrons. The van der Waals surface area contributed by atoms with Gasteiger partial charge in [0.1, 0.15) is 11.7 Å². The first-order valence-corrected chi connectivity index (χ1v) is 10.9. The fraction of sp³-hybridized carbons (Fsp3) is 0.417. The van der Waals surface area contributed by atoms with Crippen LogP contribution in [0.15, 0.2) is 36.5 Å². The quantitative estimate of drug-likeness (QED) is 0.486. The minimum absolute atomic E-state index is 0.172. The van der Waals surface area contributed by atoms with Crippen molar-refractivity contribution in [2.24, 2.45) is 11.8 Å². The number of carbonyl (C=O) groups is 3. The Morgan fingerprint density at radius 1 is 1.16 bits per heavy atom. The van der Waals surface area contributed by atoms with Gasteiger partial charge < -0.3 is 19.1 Å². The molecule has 1 saturated heterocycles. The van der Waals surface area contributed by atoms with Gasteiger partial charge in [0.05, 0.1) is 19.9 Å². The Hall–Kier alpha value is -3.42. The average Bonchev–Trinajstić information content (AvgIpc) is 3.50. The summed E-state index contributed by atoms with van der Waals surface area (Å²) >= 11 is 0. The molecule has 3 aliphatic rings. The molecule has 1 saturated carbocycles. The van der Waals surface area contributed by atoms with Crippen molar-refractivity contribution in [1.82, 2.24) is 4.98 Å². The van der Waals surface area contributed by atoms with Gasteiger partial charge in [-0.1, -0.05) is 6.07 Å². The fourth-order valence-corrected chi connectivity index (χ4v) is 4.17. The summed E-state index contributed by atoms with van der Waals surface area (Å²) in [5.74, 6) is -0.0612. The second-order valence-electron chi connectivity index (χ2n) is 8.46. The van der Waals surface area contributed by atoms with Crippen molar-refractivity contribution >= 4 is 23.3 Å². The third-order valence-electron chi connectivity index (χ3n) is 6.20. The van der Waals surface area contributed by atoms with E-state index in [1.807, 2.05) is 0 Å². The van der Waals surface area contributed by atoms with Gasteiger partial charge in [0.2, 0.25) is 5.88 Å². The predicted octanol–water partition coefficient (Wildman–Crippen LogP) is 2.58. The third-order valence-corrected chi connectivity index (χ3v) is 6.20.